The smallest absolute Gasteiger partial charge is 0.0700 e. The highest BCUT2D eigenvalue weighted by molar-refractivity contribution is 9.08. The molecule has 0 spiro atoms. The Hall–Kier alpha value is -0.800. The molecule has 0 radical (unpaired) electrons. The second kappa shape index (κ2) is 4.37. The van der Waals surface area contributed by atoms with E-state index >= 15 is 0 Å². The van der Waals surface area contributed by atoms with Gasteiger partial charge in [-0.3, -0.25) is 0 Å². The van der Waals surface area contributed by atoms with Crippen LogP contribution in [0.5, 0.6) is 0 Å². The number of aryl methyl sites for hydroxylation is 1. The predicted octanol–water partition coefficient (Wildman–Crippen LogP) is 3.73. The molecule has 15 heavy (non-hydrogen) atoms. The summed E-state index contributed by atoms with van der Waals surface area (Å²) in [6, 6.07) is 7.78. The Morgan fingerprint density at radius 3 is 2.80 bits per heavy atom. The van der Waals surface area contributed by atoms with Gasteiger partial charge in [0.2, 0.25) is 0 Å². The van der Waals surface area contributed by atoms with E-state index in [9.17, 15) is 0 Å². The van der Waals surface area contributed by atoms with Crippen molar-refractivity contribution in [2.75, 3.05) is 0 Å². The van der Waals surface area contributed by atoms with E-state index in [1.165, 1.54) is 5.56 Å². The van der Waals surface area contributed by atoms with Crippen LogP contribution in [0.25, 0.3) is 5.69 Å². The van der Waals surface area contributed by atoms with Gasteiger partial charge in [0.15, 0.2) is 0 Å². The minimum Gasteiger partial charge on any atom is -0.240 e. The molecule has 0 aliphatic heterocycles. The molecule has 1 aromatic carbocycles. The Morgan fingerprint density at radius 2 is 2.20 bits per heavy atom. The fourth-order valence-corrected chi connectivity index (χ4v) is 2.05. The molecule has 2 rings (SSSR count). The number of halogens is 2. The molecular weight excluding hydrogens is 275 g/mol. The molecule has 0 N–H and O–H groups in total. The molecule has 2 aromatic rings. The molecule has 0 aliphatic carbocycles. The quantitative estimate of drug-likeness (QED) is 0.769. The van der Waals surface area contributed by atoms with E-state index in [1.54, 1.807) is 0 Å². The van der Waals surface area contributed by atoms with Gasteiger partial charge in [0, 0.05) is 16.5 Å². The van der Waals surface area contributed by atoms with Gasteiger partial charge in [0.1, 0.15) is 0 Å². The molecule has 1 heterocycles. The summed E-state index contributed by atoms with van der Waals surface area (Å²) in [4.78, 5) is 0. The standard InChI is InChI=1S/C11H10BrClN2/c1-8-4-5-15(14-8)11-6-10(13)3-2-9(11)7-12/h2-6H,7H2,1H3. The first kappa shape index (κ1) is 10.7. The van der Waals surface area contributed by atoms with Crippen molar-refractivity contribution in [1.82, 2.24) is 9.78 Å². The van der Waals surface area contributed by atoms with Crippen LogP contribution in [0.3, 0.4) is 0 Å². The lowest BCUT2D eigenvalue weighted by Gasteiger charge is -2.07. The van der Waals surface area contributed by atoms with E-state index in [-0.39, 0.29) is 0 Å². The Labute approximate surface area is 102 Å². The van der Waals surface area contributed by atoms with Crippen molar-refractivity contribution in [2.24, 2.45) is 0 Å². The summed E-state index contributed by atoms with van der Waals surface area (Å²) in [5.74, 6) is 0. The number of aromatic nitrogens is 2. The van der Waals surface area contributed by atoms with Crippen molar-refractivity contribution < 1.29 is 0 Å². The number of hydrogen-bond donors (Lipinski definition) is 0. The average Bonchev–Trinajstić information content (AvgIpc) is 2.65. The number of benzene rings is 1. The minimum atomic E-state index is 0.725. The average molecular weight is 286 g/mol. The minimum absolute atomic E-state index is 0.725. The van der Waals surface area contributed by atoms with Crippen LogP contribution < -0.4 is 0 Å². The highest BCUT2D eigenvalue weighted by Crippen LogP contribution is 2.21. The zero-order valence-corrected chi connectivity index (χ0v) is 10.6. The summed E-state index contributed by atoms with van der Waals surface area (Å²) in [5.41, 5.74) is 3.19. The summed E-state index contributed by atoms with van der Waals surface area (Å²) in [5, 5.41) is 5.88. The molecule has 0 atom stereocenters. The lowest BCUT2D eigenvalue weighted by atomic mass is 10.2. The third-order valence-electron chi connectivity index (χ3n) is 2.16. The van der Waals surface area contributed by atoms with Gasteiger partial charge < -0.3 is 0 Å². The fourth-order valence-electron chi connectivity index (χ4n) is 1.41. The maximum absolute atomic E-state index is 5.97. The zero-order valence-electron chi connectivity index (χ0n) is 8.24. The highest BCUT2D eigenvalue weighted by Gasteiger charge is 2.05. The number of nitrogens with zero attached hydrogens (tertiary/aromatic N) is 2. The summed E-state index contributed by atoms with van der Waals surface area (Å²) >= 11 is 9.43. The molecule has 0 aliphatic rings. The first-order valence-corrected chi connectivity index (χ1v) is 6.07. The van der Waals surface area contributed by atoms with Crippen molar-refractivity contribution in [3.63, 3.8) is 0 Å². The van der Waals surface area contributed by atoms with Crippen molar-refractivity contribution >= 4 is 27.5 Å². The van der Waals surface area contributed by atoms with Gasteiger partial charge in [0.05, 0.1) is 11.4 Å². The predicted molar refractivity (Wildman–Crippen MR) is 65.9 cm³/mol. The van der Waals surface area contributed by atoms with Crippen molar-refractivity contribution in [3.05, 3.63) is 46.7 Å². The highest BCUT2D eigenvalue weighted by atomic mass is 79.9. The maximum Gasteiger partial charge on any atom is 0.0700 e. The molecule has 1 aromatic heterocycles. The van der Waals surface area contributed by atoms with Gasteiger partial charge in [-0.05, 0) is 30.7 Å². The molecule has 0 amide bonds. The van der Waals surface area contributed by atoms with E-state index in [2.05, 4.69) is 21.0 Å². The second-order valence-electron chi connectivity index (χ2n) is 3.31. The molecule has 78 valence electrons. The van der Waals surface area contributed by atoms with Crippen LogP contribution in [-0.2, 0) is 5.33 Å². The summed E-state index contributed by atoms with van der Waals surface area (Å²) in [6.45, 7) is 1.97. The van der Waals surface area contributed by atoms with Crippen molar-refractivity contribution in [2.45, 2.75) is 12.3 Å². The Balaban J connectivity index is 2.55. The first-order valence-electron chi connectivity index (χ1n) is 4.58. The van der Waals surface area contributed by atoms with E-state index < -0.39 is 0 Å². The Kier molecular flexibility index (Phi) is 3.12. The van der Waals surface area contributed by atoms with Gasteiger partial charge in [0.25, 0.3) is 0 Å². The van der Waals surface area contributed by atoms with Crippen LogP contribution in [0.2, 0.25) is 5.02 Å². The van der Waals surface area contributed by atoms with Crippen LogP contribution in [0.15, 0.2) is 30.5 Å². The number of hydrogen-bond acceptors (Lipinski definition) is 1. The summed E-state index contributed by atoms with van der Waals surface area (Å²) < 4.78 is 1.85. The van der Waals surface area contributed by atoms with Crippen LogP contribution in [-0.4, -0.2) is 9.78 Å². The molecule has 0 saturated heterocycles. The van der Waals surface area contributed by atoms with Gasteiger partial charge in [-0.1, -0.05) is 33.6 Å². The lowest BCUT2D eigenvalue weighted by Crippen LogP contribution is -1.99. The zero-order chi connectivity index (χ0) is 10.8. The Bertz CT molecular complexity index is 479. The first-order chi connectivity index (χ1) is 7.20. The monoisotopic (exact) mass is 284 g/mol. The molecule has 2 nitrogen and oxygen atoms in total. The van der Waals surface area contributed by atoms with Crippen molar-refractivity contribution in [1.29, 1.82) is 0 Å². The van der Waals surface area contributed by atoms with Crippen LogP contribution in [0, 0.1) is 6.92 Å². The largest absolute Gasteiger partial charge is 0.240 e. The topological polar surface area (TPSA) is 17.8 Å². The SMILES string of the molecule is Cc1ccn(-c2cc(Cl)ccc2CBr)n1. The second-order valence-corrected chi connectivity index (χ2v) is 4.31. The molecule has 0 saturated carbocycles. The molecule has 4 heteroatoms. The normalized spacial score (nSPS) is 10.6. The van der Waals surface area contributed by atoms with E-state index in [0.29, 0.717) is 0 Å². The molecule has 0 bridgehead atoms. The third kappa shape index (κ3) is 2.24. The summed E-state index contributed by atoms with van der Waals surface area (Å²) in [7, 11) is 0. The lowest BCUT2D eigenvalue weighted by molar-refractivity contribution is 0.855. The van der Waals surface area contributed by atoms with Gasteiger partial charge in [-0.2, -0.15) is 5.10 Å². The van der Waals surface area contributed by atoms with Crippen LogP contribution in [0.1, 0.15) is 11.3 Å². The molecule has 0 fully saturated rings. The van der Waals surface area contributed by atoms with Crippen LogP contribution >= 0.6 is 27.5 Å². The van der Waals surface area contributed by atoms with Gasteiger partial charge in [-0.15, -0.1) is 0 Å². The maximum atomic E-state index is 5.97. The van der Waals surface area contributed by atoms with E-state index in [1.807, 2.05) is 42.1 Å². The van der Waals surface area contributed by atoms with E-state index in [0.717, 1.165) is 21.7 Å². The van der Waals surface area contributed by atoms with Gasteiger partial charge >= 0.3 is 0 Å². The fraction of sp³-hybridized carbons (Fsp3) is 0.182. The molecular formula is C11H10BrClN2. The Morgan fingerprint density at radius 1 is 1.40 bits per heavy atom. The summed E-state index contributed by atoms with van der Waals surface area (Å²) in [6.07, 6.45) is 1.94. The molecule has 0 unspecified atom stereocenters. The number of alkyl halides is 1. The van der Waals surface area contributed by atoms with Gasteiger partial charge in [-0.25, -0.2) is 4.68 Å². The van der Waals surface area contributed by atoms with Crippen molar-refractivity contribution in [3.8, 4) is 5.69 Å². The third-order valence-corrected chi connectivity index (χ3v) is 3.00. The van der Waals surface area contributed by atoms with E-state index in [4.69, 9.17) is 11.6 Å². The number of rotatable bonds is 2. The van der Waals surface area contributed by atoms with Crippen LogP contribution in [0.4, 0.5) is 0 Å².